The number of ketones is 1. The Morgan fingerprint density at radius 3 is 2.08 bits per heavy atom. The van der Waals surface area contributed by atoms with Crippen LogP contribution in [-0.2, 0) is 4.79 Å². The number of rotatable bonds is 5. The lowest BCUT2D eigenvalue weighted by Crippen LogP contribution is -2.41. The number of hydrogen-bond acceptors (Lipinski definition) is 2. The van der Waals surface area contributed by atoms with E-state index in [4.69, 9.17) is 0 Å². The van der Waals surface area contributed by atoms with Gasteiger partial charge in [0.15, 0.2) is 5.78 Å². The fraction of sp³-hybridized carbons (Fsp3) is 0.900. The first-order valence-corrected chi connectivity index (χ1v) is 4.75. The van der Waals surface area contributed by atoms with Gasteiger partial charge >= 0.3 is 0 Å². The molecular weight excluding hydrogens is 150 g/mol. The second-order valence-corrected chi connectivity index (χ2v) is 3.71. The molecule has 0 aliphatic carbocycles. The van der Waals surface area contributed by atoms with Crippen molar-refractivity contribution in [2.24, 2.45) is 11.8 Å². The Bertz CT molecular complexity index is 143. The summed E-state index contributed by atoms with van der Waals surface area (Å²) in [6.07, 6.45) is 1.05. The normalized spacial score (nSPS) is 16.2. The van der Waals surface area contributed by atoms with E-state index in [9.17, 15) is 4.79 Å². The Balaban J connectivity index is 4.24. The maximum absolute atomic E-state index is 11.6. The number of nitrogens with one attached hydrogen (secondary N) is 1. The van der Waals surface area contributed by atoms with Crippen molar-refractivity contribution < 1.29 is 4.79 Å². The summed E-state index contributed by atoms with van der Waals surface area (Å²) in [4.78, 5) is 11.6. The van der Waals surface area contributed by atoms with E-state index >= 15 is 0 Å². The van der Waals surface area contributed by atoms with Gasteiger partial charge in [-0.15, -0.1) is 0 Å². The van der Waals surface area contributed by atoms with Gasteiger partial charge in [0.25, 0.3) is 0 Å². The maximum atomic E-state index is 11.6. The van der Waals surface area contributed by atoms with Crippen molar-refractivity contribution in [3.8, 4) is 0 Å². The van der Waals surface area contributed by atoms with E-state index in [1.54, 1.807) is 0 Å². The molecule has 0 aromatic rings. The third-order valence-electron chi connectivity index (χ3n) is 2.40. The van der Waals surface area contributed by atoms with Gasteiger partial charge in [0.2, 0.25) is 0 Å². The van der Waals surface area contributed by atoms with Crippen molar-refractivity contribution in [3.63, 3.8) is 0 Å². The van der Waals surface area contributed by atoms with Gasteiger partial charge in [0, 0.05) is 5.92 Å². The molecule has 72 valence electrons. The van der Waals surface area contributed by atoms with Gasteiger partial charge in [-0.25, -0.2) is 0 Å². The summed E-state index contributed by atoms with van der Waals surface area (Å²) in [6, 6.07) is 0.0370. The van der Waals surface area contributed by atoms with Gasteiger partial charge in [0.05, 0.1) is 6.04 Å². The van der Waals surface area contributed by atoms with Crippen LogP contribution in [0.5, 0.6) is 0 Å². The molecule has 0 aromatic heterocycles. The summed E-state index contributed by atoms with van der Waals surface area (Å²) in [5.74, 6) is 0.896. The summed E-state index contributed by atoms with van der Waals surface area (Å²) in [6.45, 7) is 8.13. The van der Waals surface area contributed by atoms with Crippen molar-refractivity contribution in [1.29, 1.82) is 0 Å². The van der Waals surface area contributed by atoms with Crippen LogP contribution < -0.4 is 5.32 Å². The fourth-order valence-corrected chi connectivity index (χ4v) is 1.30. The summed E-state index contributed by atoms with van der Waals surface area (Å²) < 4.78 is 0. The molecule has 0 rings (SSSR count). The second kappa shape index (κ2) is 5.31. The smallest absolute Gasteiger partial charge is 0.152 e. The largest absolute Gasteiger partial charge is 0.310 e. The van der Waals surface area contributed by atoms with Crippen molar-refractivity contribution in [2.45, 2.75) is 40.2 Å². The van der Waals surface area contributed by atoms with Crippen LogP contribution in [0.15, 0.2) is 0 Å². The molecule has 0 saturated carbocycles. The Kier molecular flexibility index (Phi) is 5.14. The Morgan fingerprint density at radius 1 is 1.33 bits per heavy atom. The first kappa shape index (κ1) is 11.6. The molecule has 0 aromatic carbocycles. The summed E-state index contributed by atoms with van der Waals surface area (Å²) in [7, 11) is 1.86. The van der Waals surface area contributed by atoms with E-state index in [2.05, 4.69) is 19.2 Å². The highest BCUT2D eigenvalue weighted by Gasteiger charge is 2.23. The Morgan fingerprint density at radius 2 is 1.83 bits per heavy atom. The van der Waals surface area contributed by atoms with Crippen molar-refractivity contribution in [1.82, 2.24) is 5.32 Å². The molecule has 0 radical (unpaired) electrons. The average Bonchev–Trinajstić information content (AvgIpc) is 2.05. The van der Waals surface area contributed by atoms with E-state index in [0.717, 1.165) is 6.42 Å². The van der Waals surface area contributed by atoms with Crippen molar-refractivity contribution in [3.05, 3.63) is 0 Å². The minimum absolute atomic E-state index is 0.0370. The highest BCUT2D eigenvalue weighted by atomic mass is 16.1. The zero-order valence-electron chi connectivity index (χ0n) is 8.85. The molecule has 1 N–H and O–H groups in total. The standard InChI is InChI=1S/C10H21NO/c1-6-8(4)9(11-5)10(12)7(2)3/h7-9,11H,6H2,1-5H3/t8?,9-/m0/s1. The lowest BCUT2D eigenvalue weighted by molar-refractivity contribution is -0.125. The van der Waals surface area contributed by atoms with E-state index < -0.39 is 0 Å². The zero-order chi connectivity index (χ0) is 9.72. The quantitative estimate of drug-likeness (QED) is 0.684. The monoisotopic (exact) mass is 171 g/mol. The molecular formula is C10H21NO. The predicted molar refractivity (Wildman–Crippen MR) is 52.1 cm³/mol. The van der Waals surface area contributed by atoms with Crippen molar-refractivity contribution in [2.75, 3.05) is 7.05 Å². The Labute approximate surface area is 75.7 Å². The van der Waals surface area contributed by atoms with Crippen LogP contribution in [0.25, 0.3) is 0 Å². The van der Waals surface area contributed by atoms with Gasteiger partial charge < -0.3 is 5.32 Å². The van der Waals surface area contributed by atoms with Gasteiger partial charge in [-0.3, -0.25) is 4.79 Å². The lowest BCUT2D eigenvalue weighted by atomic mass is 9.90. The zero-order valence-corrected chi connectivity index (χ0v) is 8.85. The third-order valence-corrected chi connectivity index (χ3v) is 2.40. The van der Waals surface area contributed by atoms with Gasteiger partial charge in [0.1, 0.15) is 0 Å². The van der Waals surface area contributed by atoms with Crippen LogP contribution in [0.4, 0.5) is 0 Å². The van der Waals surface area contributed by atoms with Crippen LogP contribution in [0.2, 0.25) is 0 Å². The molecule has 0 bridgehead atoms. The fourth-order valence-electron chi connectivity index (χ4n) is 1.30. The first-order valence-electron chi connectivity index (χ1n) is 4.75. The van der Waals surface area contributed by atoms with Crippen LogP contribution in [0.3, 0.4) is 0 Å². The topological polar surface area (TPSA) is 29.1 Å². The third kappa shape index (κ3) is 2.94. The highest BCUT2D eigenvalue weighted by Crippen LogP contribution is 2.12. The number of likely N-dealkylation sites (N-methyl/N-ethyl adjacent to an activating group) is 1. The Hall–Kier alpha value is -0.370. The predicted octanol–water partition coefficient (Wildman–Crippen LogP) is 1.85. The molecule has 2 nitrogen and oxygen atoms in total. The highest BCUT2D eigenvalue weighted by molar-refractivity contribution is 5.85. The molecule has 0 heterocycles. The maximum Gasteiger partial charge on any atom is 0.152 e. The molecule has 2 atom stereocenters. The summed E-state index contributed by atoms with van der Waals surface area (Å²) in [5.41, 5.74) is 0. The van der Waals surface area contributed by atoms with Crippen LogP contribution in [0, 0.1) is 11.8 Å². The van der Waals surface area contributed by atoms with Crippen LogP contribution in [-0.4, -0.2) is 18.9 Å². The summed E-state index contributed by atoms with van der Waals surface area (Å²) in [5, 5.41) is 3.08. The van der Waals surface area contributed by atoms with Crippen LogP contribution in [0.1, 0.15) is 34.1 Å². The minimum atomic E-state index is 0.0370. The van der Waals surface area contributed by atoms with Gasteiger partial charge in [-0.1, -0.05) is 34.1 Å². The molecule has 0 aliphatic rings. The number of carbonyl (C=O) groups is 1. The number of carbonyl (C=O) groups excluding carboxylic acids is 1. The van der Waals surface area contributed by atoms with E-state index in [-0.39, 0.29) is 12.0 Å². The molecule has 0 aliphatic heterocycles. The molecule has 0 saturated heterocycles. The first-order chi connectivity index (χ1) is 5.54. The second-order valence-electron chi connectivity index (χ2n) is 3.71. The molecule has 0 amide bonds. The summed E-state index contributed by atoms with van der Waals surface area (Å²) >= 11 is 0. The van der Waals surface area contributed by atoms with E-state index in [1.807, 2.05) is 20.9 Å². The van der Waals surface area contributed by atoms with E-state index in [0.29, 0.717) is 11.7 Å². The van der Waals surface area contributed by atoms with Crippen LogP contribution >= 0.6 is 0 Å². The molecule has 0 spiro atoms. The minimum Gasteiger partial charge on any atom is -0.310 e. The van der Waals surface area contributed by atoms with Gasteiger partial charge in [-0.2, -0.15) is 0 Å². The molecule has 12 heavy (non-hydrogen) atoms. The number of hydrogen-bond donors (Lipinski definition) is 1. The van der Waals surface area contributed by atoms with E-state index in [1.165, 1.54) is 0 Å². The molecule has 0 fully saturated rings. The average molecular weight is 171 g/mol. The van der Waals surface area contributed by atoms with Gasteiger partial charge in [-0.05, 0) is 13.0 Å². The lowest BCUT2D eigenvalue weighted by Gasteiger charge is -2.22. The molecule has 1 unspecified atom stereocenters. The SMILES string of the molecule is CCC(C)[C@H](NC)C(=O)C(C)C. The number of Topliss-reactive ketones (excluding diaryl/α,β-unsaturated/α-hetero) is 1. The van der Waals surface area contributed by atoms with Crippen molar-refractivity contribution >= 4 is 5.78 Å². The molecule has 2 heteroatoms.